The minimum atomic E-state index is -0.0502. The molecular formula is C21H25ClN2O. The van der Waals surface area contributed by atoms with E-state index >= 15 is 0 Å². The molecule has 0 bridgehead atoms. The first-order chi connectivity index (χ1) is 12.1. The lowest BCUT2D eigenvalue weighted by atomic mass is 10.0. The maximum atomic E-state index is 12.5. The van der Waals surface area contributed by atoms with Gasteiger partial charge in [0.1, 0.15) is 0 Å². The molecule has 3 rings (SSSR count). The van der Waals surface area contributed by atoms with E-state index in [1.54, 1.807) is 24.3 Å². The number of amides is 1. The largest absolute Gasteiger partial charge is 0.350 e. The van der Waals surface area contributed by atoms with Crippen LogP contribution in [0.2, 0.25) is 5.02 Å². The SMILES string of the molecule is Cc1ccc(C(CNC(=O)c2ccc(Cl)cc2)N2CCCCC2)cc1. The molecule has 0 saturated carbocycles. The van der Waals surface area contributed by atoms with Gasteiger partial charge in [0.05, 0.1) is 6.04 Å². The van der Waals surface area contributed by atoms with Crippen LogP contribution in [-0.4, -0.2) is 30.4 Å². The van der Waals surface area contributed by atoms with Crippen molar-refractivity contribution in [1.29, 1.82) is 0 Å². The summed E-state index contributed by atoms with van der Waals surface area (Å²) in [5.74, 6) is -0.0502. The zero-order valence-corrected chi connectivity index (χ0v) is 15.4. The Bertz CT molecular complexity index is 691. The van der Waals surface area contributed by atoms with Crippen molar-refractivity contribution in [3.8, 4) is 0 Å². The molecule has 2 aromatic carbocycles. The molecule has 1 fully saturated rings. The van der Waals surface area contributed by atoms with Crippen LogP contribution in [0.15, 0.2) is 48.5 Å². The van der Waals surface area contributed by atoms with Crippen molar-refractivity contribution < 1.29 is 4.79 Å². The highest BCUT2D eigenvalue weighted by atomic mass is 35.5. The Morgan fingerprint density at radius 1 is 1.04 bits per heavy atom. The molecule has 1 aliphatic heterocycles. The quantitative estimate of drug-likeness (QED) is 0.848. The molecule has 4 heteroatoms. The molecule has 3 nitrogen and oxygen atoms in total. The summed E-state index contributed by atoms with van der Waals surface area (Å²) in [6.07, 6.45) is 3.76. The third kappa shape index (κ3) is 4.83. The van der Waals surface area contributed by atoms with Gasteiger partial charge in [-0.3, -0.25) is 9.69 Å². The normalized spacial score (nSPS) is 16.4. The second kappa shape index (κ2) is 8.50. The van der Waals surface area contributed by atoms with Gasteiger partial charge in [0.2, 0.25) is 0 Å². The number of hydrogen-bond donors (Lipinski definition) is 1. The van der Waals surface area contributed by atoms with Crippen LogP contribution in [-0.2, 0) is 0 Å². The van der Waals surface area contributed by atoms with Gasteiger partial charge in [-0.2, -0.15) is 0 Å². The van der Waals surface area contributed by atoms with Gasteiger partial charge in [-0.25, -0.2) is 0 Å². The number of rotatable bonds is 5. The minimum Gasteiger partial charge on any atom is -0.350 e. The summed E-state index contributed by atoms with van der Waals surface area (Å²) in [6, 6.07) is 15.9. The van der Waals surface area contributed by atoms with Gasteiger partial charge in [-0.15, -0.1) is 0 Å². The number of aryl methyl sites for hydroxylation is 1. The standard InChI is InChI=1S/C21H25ClN2O/c1-16-5-7-17(8-6-16)20(24-13-3-2-4-14-24)15-23-21(25)18-9-11-19(22)12-10-18/h5-12,20H,2-4,13-15H2,1H3,(H,23,25). The second-order valence-electron chi connectivity index (χ2n) is 6.74. The highest BCUT2D eigenvalue weighted by molar-refractivity contribution is 6.30. The summed E-state index contributed by atoms with van der Waals surface area (Å²) >= 11 is 5.90. The second-order valence-corrected chi connectivity index (χ2v) is 7.18. The van der Waals surface area contributed by atoms with Gasteiger partial charge >= 0.3 is 0 Å². The smallest absolute Gasteiger partial charge is 0.251 e. The predicted molar refractivity (Wildman–Crippen MR) is 103 cm³/mol. The van der Waals surface area contributed by atoms with E-state index in [-0.39, 0.29) is 11.9 Å². The van der Waals surface area contributed by atoms with Crippen molar-refractivity contribution in [3.05, 3.63) is 70.2 Å². The average molecular weight is 357 g/mol. The van der Waals surface area contributed by atoms with Crippen LogP contribution in [0.25, 0.3) is 0 Å². The van der Waals surface area contributed by atoms with E-state index in [4.69, 9.17) is 11.6 Å². The summed E-state index contributed by atoms with van der Waals surface area (Å²) in [7, 11) is 0. The number of benzene rings is 2. The Morgan fingerprint density at radius 3 is 2.32 bits per heavy atom. The molecular weight excluding hydrogens is 332 g/mol. The van der Waals surface area contributed by atoms with Crippen LogP contribution in [0.1, 0.15) is 46.8 Å². The number of likely N-dealkylation sites (tertiary alicyclic amines) is 1. The van der Waals surface area contributed by atoms with E-state index in [0.717, 1.165) is 13.1 Å². The fourth-order valence-electron chi connectivity index (χ4n) is 3.37. The zero-order valence-electron chi connectivity index (χ0n) is 14.7. The van der Waals surface area contributed by atoms with Gasteiger partial charge in [0.25, 0.3) is 5.91 Å². The molecule has 1 saturated heterocycles. The third-order valence-electron chi connectivity index (χ3n) is 4.86. The Kier molecular flexibility index (Phi) is 6.11. The third-order valence-corrected chi connectivity index (χ3v) is 5.11. The molecule has 2 aromatic rings. The Hall–Kier alpha value is -1.84. The van der Waals surface area contributed by atoms with Gasteiger partial charge < -0.3 is 5.32 Å². The van der Waals surface area contributed by atoms with E-state index in [1.807, 2.05) is 0 Å². The van der Waals surface area contributed by atoms with Crippen molar-refractivity contribution in [1.82, 2.24) is 10.2 Å². The van der Waals surface area contributed by atoms with Crippen LogP contribution in [0.4, 0.5) is 0 Å². The molecule has 0 spiro atoms. The first-order valence-corrected chi connectivity index (χ1v) is 9.35. The molecule has 1 aliphatic rings. The van der Waals surface area contributed by atoms with Gasteiger partial charge in [-0.05, 0) is 62.7 Å². The van der Waals surface area contributed by atoms with Crippen molar-refractivity contribution in [3.63, 3.8) is 0 Å². The van der Waals surface area contributed by atoms with Crippen LogP contribution in [0.3, 0.4) is 0 Å². The first kappa shape index (κ1) is 18.0. The highest BCUT2D eigenvalue weighted by Crippen LogP contribution is 2.24. The number of carbonyl (C=O) groups excluding carboxylic acids is 1. The summed E-state index contributed by atoms with van der Waals surface area (Å²) in [5.41, 5.74) is 3.17. The average Bonchev–Trinajstić information content (AvgIpc) is 2.64. The fourth-order valence-corrected chi connectivity index (χ4v) is 3.50. The predicted octanol–water partition coefficient (Wildman–Crippen LogP) is 4.61. The van der Waals surface area contributed by atoms with Crippen molar-refractivity contribution >= 4 is 17.5 Å². The summed E-state index contributed by atoms with van der Waals surface area (Å²) in [4.78, 5) is 15.0. The Morgan fingerprint density at radius 2 is 1.68 bits per heavy atom. The van der Waals surface area contributed by atoms with E-state index in [1.165, 1.54) is 30.4 Å². The number of carbonyl (C=O) groups is 1. The molecule has 0 radical (unpaired) electrons. The molecule has 132 valence electrons. The van der Waals surface area contributed by atoms with E-state index in [9.17, 15) is 4.79 Å². The molecule has 25 heavy (non-hydrogen) atoms. The van der Waals surface area contributed by atoms with Crippen molar-refractivity contribution in [2.45, 2.75) is 32.2 Å². The van der Waals surface area contributed by atoms with Crippen molar-refractivity contribution in [2.24, 2.45) is 0 Å². The first-order valence-electron chi connectivity index (χ1n) is 8.98. The molecule has 1 amide bonds. The van der Waals surface area contributed by atoms with Crippen LogP contribution in [0, 0.1) is 6.92 Å². The lowest BCUT2D eigenvalue weighted by Gasteiger charge is -2.35. The highest BCUT2D eigenvalue weighted by Gasteiger charge is 2.23. The number of piperidine rings is 1. The molecule has 1 heterocycles. The number of nitrogens with zero attached hydrogens (tertiary/aromatic N) is 1. The molecule has 0 aliphatic carbocycles. The monoisotopic (exact) mass is 356 g/mol. The zero-order chi connectivity index (χ0) is 17.6. The molecule has 1 atom stereocenters. The molecule has 1 N–H and O–H groups in total. The Labute approximate surface area is 155 Å². The van der Waals surface area contributed by atoms with E-state index < -0.39 is 0 Å². The summed E-state index contributed by atoms with van der Waals surface area (Å²) in [5, 5.41) is 3.75. The topological polar surface area (TPSA) is 32.3 Å². The maximum absolute atomic E-state index is 12.5. The lowest BCUT2D eigenvalue weighted by Crippen LogP contribution is -2.40. The summed E-state index contributed by atoms with van der Waals surface area (Å²) in [6.45, 7) is 4.90. The van der Waals surface area contributed by atoms with Crippen LogP contribution >= 0.6 is 11.6 Å². The van der Waals surface area contributed by atoms with E-state index in [2.05, 4.69) is 41.4 Å². The number of halogens is 1. The molecule has 1 unspecified atom stereocenters. The minimum absolute atomic E-state index is 0.0502. The van der Waals surface area contributed by atoms with Gasteiger partial charge in [-0.1, -0.05) is 47.9 Å². The fraction of sp³-hybridized carbons (Fsp3) is 0.381. The maximum Gasteiger partial charge on any atom is 0.251 e. The van der Waals surface area contributed by atoms with E-state index in [0.29, 0.717) is 17.1 Å². The van der Waals surface area contributed by atoms with Crippen LogP contribution in [0.5, 0.6) is 0 Å². The number of hydrogen-bond acceptors (Lipinski definition) is 2. The van der Waals surface area contributed by atoms with Crippen LogP contribution < -0.4 is 5.32 Å². The lowest BCUT2D eigenvalue weighted by molar-refractivity contribution is 0.0924. The van der Waals surface area contributed by atoms with Gasteiger partial charge in [0.15, 0.2) is 0 Å². The van der Waals surface area contributed by atoms with Gasteiger partial charge in [0, 0.05) is 17.1 Å². The number of nitrogens with one attached hydrogen (secondary N) is 1. The summed E-state index contributed by atoms with van der Waals surface area (Å²) < 4.78 is 0. The molecule has 0 aromatic heterocycles. The Balaban J connectivity index is 1.71. The van der Waals surface area contributed by atoms with Crippen molar-refractivity contribution in [2.75, 3.05) is 19.6 Å².